The fourth-order valence-electron chi connectivity index (χ4n) is 2.29. The number of aromatic nitrogens is 3. The van der Waals surface area contributed by atoms with Gasteiger partial charge in [-0.1, -0.05) is 11.6 Å². The maximum Gasteiger partial charge on any atom is 0.143 e. The van der Waals surface area contributed by atoms with Gasteiger partial charge in [-0.2, -0.15) is 0 Å². The van der Waals surface area contributed by atoms with Gasteiger partial charge in [0.2, 0.25) is 0 Å². The molecule has 0 saturated heterocycles. The minimum Gasteiger partial charge on any atom is -0.346 e. The minimum atomic E-state index is 0.434. The summed E-state index contributed by atoms with van der Waals surface area (Å²) >= 11 is 5.90. The molecular weight excluding hydrogens is 260 g/mol. The van der Waals surface area contributed by atoms with Gasteiger partial charge in [0.25, 0.3) is 0 Å². The van der Waals surface area contributed by atoms with Crippen molar-refractivity contribution in [2.45, 2.75) is 13.8 Å². The van der Waals surface area contributed by atoms with E-state index in [4.69, 9.17) is 17.0 Å². The molecule has 19 heavy (non-hydrogen) atoms. The van der Waals surface area contributed by atoms with Crippen LogP contribution in [-0.4, -0.2) is 14.5 Å². The number of H-pyrrole nitrogens is 1. The number of rotatable bonds is 1. The third-order valence-corrected chi connectivity index (χ3v) is 3.45. The first-order valence-electron chi connectivity index (χ1n) is 5.96. The Kier molecular flexibility index (Phi) is 2.68. The molecule has 2 aromatic heterocycles. The SMILES string of the molecule is Cc1c[nH]c2nc(C)n(-c3ccc(Cl)cc3)c(=N)c12. The van der Waals surface area contributed by atoms with E-state index in [1.165, 1.54) is 0 Å². The van der Waals surface area contributed by atoms with Gasteiger partial charge in [0.15, 0.2) is 0 Å². The van der Waals surface area contributed by atoms with Crippen LogP contribution in [0.2, 0.25) is 5.02 Å². The minimum absolute atomic E-state index is 0.434. The molecular formula is C14H13ClN4. The number of aryl methyl sites for hydroxylation is 2. The summed E-state index contributed by atoms with van der Waals surface area (Å²) in [7, 11) is 0. The Morgan fingerprint density at radius 2 is 1.89 bits per heavy atom. The van der Waals surface area contributed by atoms with Crippen LogP contribution in [0.15, 0.2) is 30.5 Å². The molecule has 3 rings (SSSR count). The van der Waals surface area contributed by atoms with Crippen molar-refractivity contribution in [3.05, 3.63) is 52.4 Å². The van der Waals surface area contributed by atoms with Crippen molar-refractivity contribution in [3.63, 3.8) is 0 Å². The molecule has 0 radical (unpaired) electrons. The van der Waals surface area contributed by atoms with Gasteiger partial charge >= 0.3 is 0 Å². The average Bonchev–Trinajstić information content (AvgIpc) is 2.73. The van der Waals surface area contributed by atoms with Gasteiger partial charge in [0.05, 0.1) is 5.39 Å². The van der Waals surface area contributed by atoms with Gasteiger partial charge < -0.3 is 4.98 Å². The largest absolute Gasteiger partial charge is 0.346 e. The Morgan fingerprint density at radius 1 is 1.21 bits per heavy atom. The first-order chi connectivity index (χ1) is 9.08. The smallest absolute Gasteiger partial charge is 0.143 e. The lowest BCUT2D eigenvalue weighted by Crippen LogP contribution is -2.22. The first-order valence-corrected chi connectivity index (χ1v) is 6.33. The van der Waals surface area contributed by atoms with E-state index in [1.54, 1.807) is 0 Å². The number of halogens is 1. The second kappa shape index (κ2) is 4.24. The number of nitrogens with zero attached hydrogens (tertiary/aromatic N) is 2. The van der Waals surface area contributed by atoms with Crippen molar-refractivity contribution in [2.24, 2.45) is 0 Å². The maximum atomic E-state index is 8.40. The van der Waals surface area contributed by atoms with Gasteiger partial charge in [-0.3, -0.25) is 9.98 Å². The fourth-order valence-corrected chi connectivity index (χ4v) is 2.41. The number of nitrogens with one attached hydrogen (secondary N) is 2. The number of hydrogen-bond donors (Lipinski definition) is 2. The van der Waals surface area contributed by atoms with Crippen molar-refractivity contribution < 1.29 is 0 Å². The third-order valence-electron chi connectivity index (χ3n) is 3.20. The number of hydrogen-bond acceptors (Lipinski definition) is 2. The lowest BCUT2D eigenvalue weighted by atomic mass is 10.2. The molecule has 96 valence electrons. The summed E-state index contributed by atoms with van der Waals surface area (Å²) in [6.07, 6.45) is 1.88. The van der Waals surface area contributed by atoms with E-state index in [0.29, 0.717) is 10.5 Å². The van der Waals surface area contributed by atoms with Gasteiger partial charge in [-0.15, -0.1) is 0 Å². The van der Waals surface area contributed by atoms with E-state index in [9.17, 15) is 0 Å². The maximum absolute atomic E-state index is 8.40. The Morgan fingerprint density at radius 3 is 2.58 bits per heavy atom. The fraction of sp³-hybridized carbons (Fsp3) is 0.143. The van der Waals surface area contributed by atoms with Gasteiger partial charge in [0, 0.05) is 16.9 Å². The summed E-state index contributed by atoms with van der Waals surface area (Å²) in [4.78, 5) is 7.60. The molecule has 2 N–H and O–H groups in total. The number of benzene rings is 1. The lowest BCUT2D eigenvalue weighted by molar-refractivity contribution is 0.854. The van der Waals surface area contributed by atoms with E-state index in [1.807, 2.05) is 48.9 Å². The van der Waals surface area contributed by atoms with Crippen molar-refractivity contribution in [2.75, 3.05) is 0 Å². The predicted molar refractivity (Wildman–Crippen MR) is 75.8 cm³/mol. The third kappa shape index (κ3) is 1.85. The van der Waals surface area contributed by atoms with Crippen LogP contribution in [-0.2, 0) is 0 Å². The summed E-state index contributed by atoms with van der Waals surface area (Å²) in [5.41, 5.74) is 3.10. The molecule has 0 aliphatic carbocycles. The molecule has 0 fully saturated rings. The predicted octanol–water partition coefficient (Wildman–Crippen LogP) is 3.10. The van der Waals surface area contributed by atoms with Crippen LogP contribution in [0.3, 0.4) is 0 Å². The highest BCUT2D eigenvalue weighted by Gasteiger charge is 2.10. The summed E-state index contributed by atoms with van der Waals surface area (Å²) in [6, 6.07) is 7.42. The van der Waals surface area contributed by atoms with Gasteiger partial charge in [0.1, 0.15) is 17.0 Å². The van der Waals surface area contributed by atoms with Gasteiger partial charge in [-0.25, -0.2) is 4.98 Å². The molecule has 5 heteroatoms. The van der Waals surface area contributed by atoms with E-state index < -0.39 is 0 Å². The van der Waals surface area contributed by atoms with Crippen LogP contribution >= 0.6 is 11.6 Å². The molecule has 0 spiro atoms. The summed E-state index contributed by atoms with van der Waals surface area (Å²) in [5, 5.41) is 9.93. The molecule has 2 heterocycles. The molecule has 0 aliphatic heterocycles. The van der Waals surface area contributed by atoms with Crippen LogP contribution in [0.25, 0.3) is 16.7 Å². The van der Waals surface area contributed by atoms with Crippen molar-refractivity contribution in [1.29, 1.82) is 5.41 Å². The van der Waals surface area contributed by atoms with Crippen LogP contribution in [0.4, 0.5) is 0 Å². The topological polar surface area (TPSA) is 57.5 Å². The first kappa shape index (κ1) is 12.0. The van der Waals surface area contributed by atoms with Gasteiger partial charge in [-0.05, 0) is 43.7 Å². The number of aromatic amines is 1. The highest BCUT2D eigenvalue weighted by Crippen LogP contribution is 2.16. The monoisotopic (exact) mass is 272 g/mol. The zero-order valence-corrected chi connectivity index (χ0v) is 11.4. The van der Waals surface area contributed by atoms with Crippen LogP contribution in [0.1, 0.15) is 11.4 Å². The molecule has 0 aliphatic rings. The number of fused-ring (bicyclic) bond motifs is 1. The molecule has 0 amide bonds. The zero-order chi connectivity index (χ0) is 13.6. The molecule has 0 unspecified atom stereocenters. The molecule has 0 atom stereocenters. The van der Waals surface area contributed by atoms with Crippen molar-refractivity contribution in [1.82, 2.24) is 14.5 Å². The van der Waals surface area contributed by atoms with Crippen molar-refractivity contribution in [3.8, 4) is 5.69 Å². The van der Waals surface area contributed by atoms with Crippen LogP contribution in [0.5, 0.6) is 0 Å². The normalized spacial score (nSPS) is 11.1. The van der Waals surface area contributed by atoms with E-state index in [2.05, 4.69) is 9.97 Å². The highest BCUT2D eigenvalue weighted by atomic mass is 35.5. The second-order valence-corrected chi connectivity index (χ2v) is 4.95. The van der Waals surface area contributed by atoms with Crippen LogP contribution in [0, 0.1) is 19.3 Å². The average molecular weight is 273 g/mol. The Balaban J connectivity index is 2.37. The second-order valence-electron chi connectivity index (χ2n) is 4.51. The molecule has 0 bridgehead atoms. The molecule has 1 aromatic carbocycles. The molecule has 4 nitrogen and oxygen atoms in total. The summed E-state index contributed by atoms with van der Waals surface area (Å²) in [6.45, 7) is 3.86. The van der Waals surface area contributed by atoms with Crippen molar-refractivity contribution >= 4 is 22.6 Å². The van der Waals surface area contributed by atoms with E-state index in [0.717, 1.165) is 28.1 Å². The lowest BCUT2D eigenvalue weighted by Gasteiger charge is -2.11. The Bertz CT molecular complexity index is 812. The van der Waals surface area contributed by atoms with Crippen LogP contribution < -0.4 is 5.49 Å². The van der Waals surface area contributed by atoms with E-state index in [-0.39, 0.29) is 0 Å². The Hall–Kier alpha value is -2.07. The zero-order valence-electron chi connectivity index (χ0n) is 10.7. The summed E-state index contributed by atoms with van der Waals surface area (Å²) < 4.78 is 1.82. The standard InChI is InChI=1S/C14H13ClN4/c1-8-7-17-14-12(8)13(16)19(9(2)18-14)11-5-3-10(15)4-6-11/h3-7,16-17H,1-2H3. The molecule has 3 aromatic rings. The highest BCUT2D eigenvalue weighted by molar-refractivity contribution is 6.30. The summed E-state index contributed by atoms with van der Waals surface area (Å²) in [5.74, 6) is 0.765. The molecule has 0 saturated carbocycles. The Labute approximate surface area is 115 Å². The van der Waals surface area contributed by atoms with E-state index >= 15 is 0 Å². The quantitative estimate of drug-likeness (QED) is 0.703.